The lowest BCUT2D eigenvalue weighted by Crippen LogP contribution is -2.21. The Labute approximate surface area is 410 Å². The van der Waals surface area contributed by atoms with Crippen LogP contribution in [-0.4, -0.2) is 50.3 Å². The summed E-state index contributed by atoms with van der Waals surface area (Å²) in [4.78, 5) is 54.6. The van der Waals surface area contributed by atoms with Crippen LogP contribution in [0.5, 0.6) is 0 Å². The van der Waals surface area contributed by atoms with Gasteiger partial charge in [0.2, 0.25) is 12.2 Å². The van der Waals surface area contributed by atoms with E-state index in [-0.39, 0.29) is 11.0 Å². The van der Waals surface area contributed by atoms with Crippen molar-refractivity contribution in [3.05, 3.63) is 106 Å². The Hall–Kier alpha value is -5.44. The van der Waals surface area contributed by atoms with Gasteiger partial charge < -0.3 is 0 Å². The molecule has 68 heavy (non-hydrogen) atoms. The third-order valence-electron chi connectivity index (χ3n) is 13.8. The highest BCUT2D eigenvalue weighted by molar-refractivity contribution is 5.47. The van der Waals surface area contributed by atoms with Crippen LogP contribution < -0.4 is 0 Å². The van der Waals surface area contributed by atoms with Crippen molar-refractivity contribution < 1.29 is 9.59 Å². The van der Waals surface area contributed by atoms with Gasteiger partial charge in [0, 0.05) is 14.1 Å². The lowest BCUT2D eigenvalue weighted by Gasteiger charge is -2.32. The van der Waals surface area contributed by atoms with Gasteiger partial charge in [0.15, 0.2) is 0 Å². The van der Waals surface area contributed by atoms with Crippen LogP contribution in [-0.2, 0) is 42.7 Å². The normalized spacial score (nSPS) is 18.6. The quantitative estimate of drug-likeness (QED) is 0.125. The molecule has 0 radical (unpaired) electrons. The molecule has 0 spiro atoms. The molecule has 0 aliphatic heterocycles. The fourth-order valence-corrected chi connectivity index (χ4v) is 8.64. The summed E-state index contributed by atoms with van der Waals surface area (Å²) in [6.07, 6.45) is 16.0. The minimum absolute atomic E-state index is 0.191. The first-order valence-corrected chi connectivity index (χ1v) is 24.6. The summed E-state index contributed by atoms with van der Waals surface area (Å²) >= 11 is 0. The third-order valence-corrected chi connectivity index (χ3v) is 13.8. The summed E-state index contributed by atoms with van der Waals surface area (Å²) in [7, 11) is 3.43. The third kappa shape index (κ3) is 17.9. The summed E-state index contributed by atoms with van der Waals surface area (Å²) in [5.74, 6) is 3.00. The zero-order valence-corrected chi connectivity index (χ0v) is 44.5. The number of hydrogen-bond donors (Lipinski definition) is 0. The zero-order valence-electron chi connectivity index (χ0n) is 44.5. The Morgan fingerprint density at radius 2 is 0.706 bits per heavy atom. The topological polar surface area (TPSA) is 133 Å². The highest BCUT2D eigenvalue weighted by Crippen LogP contribution is 2.38. The van der Waals surface area contributed by atoms with Crippen LogP contribution in [0.2, 0.25) is 0 Å². The maximum atomic E-state index is 10.7. The van der Waals surface area contributed by atoms with Crippen molar-refractivity contribution in [3.8, 4) is 0 Å². The van der Waals surface area contributed by atoms with E-state index in [1.807, 2.05) is 104 Å². The van der Waals surface area contributed by atoms with Crippen LogP contribution in [0.3, 0.4) is 0 Å². The Kier molecular flexibility index (Phi) is 21.1. The lowest BCUT2D eigenvalue weighted by atomic mass is 9.75. The van der Waals surface area contributed by atoms with E-state index < -0.39 is 22.2 Å². The number of benzene rings is 3. The van der Waals surface area contributed by atoms with Gasteiger partial charge in [-0.25, -0.2) is 39.5 Å². The van der Waals surface area contributed by atoms with E-state index >= 15 is 0 Å². The van der Waals surface area contributed by atoms with Crippen molar-refractivity contribution >= 4 is 30.2 Å². The van der Waals surface area contributed by atoms with Gasteiger partial charge in [-0.15, -0.1) is 0 Å². The molecule has 2 aliphatic rings. The number of carbonyl (C=O) groups excluding carboxylic acids is 2. The van der Waals surface area contributed by atoms with Crippen molar-refractivity contribution in [3.63, 3.8) is 0 Å². The molecule has 0 amide bonds. The van der Waals surface area contributed by atoms with E-state index in [1.165, 1.54) is 68.9 Å². The SMILES string of the molecule is CC(C)(N=C=O)c1ccc(C(C)(C)N=C=NC(C)(C)c2ccc(C(C)(C)N=C=O)cc2)cc1.CN=C=NC(C)(C)c1ccc(C(C)(C)C)cc1.CN=C=NC1CCC(CC2CCC(C)CC2)CC1. The predicted octanol–water partition coefficient (Wildman–Crippen LogP) is 14.8. The van der Waals surface area contributed by atoms with Crippen LogP contribution in [0.4, 0.5) is 0 Å². The number of rotatable bonds is 13. The molecule has 0 atom stereocenters. The number of nitrogens with zero attached hydrogens (tertiary/aromatic N) is 8. The van der Waals surface area contributed by atoms with Gasteiger partial charge in [0.1, 0.15) is 0 Å². The lowest BCUT2D eigenvalue weighted by molar-refractivity contribution is 0.212. The monoisotopic (exact) mass is 923 g/mol. The molecule has 10 nitrogen and oxygen atoms in total. The first-order chi connectivity index (χ1) is 31.8. The molecule has 0 saturated heterocycles. The minimum Gasteiger partial charge on any atom is -0.229 e. The molecule has 10 heteroatoms. The molecule has 3 aromatic rings. The van der Waals surface area contributed by atoms with Crippen molar-refractivity contribution in [2.45, 2.75) is 194 Å². The molecule has 5 rings (SSSR count). The van der Waals surface area contributed by atoms with Crippen molar-refractivity contribution in [2.75, 3.05) is 14.1 Å². The highest BCUT2D eigenvalue weighted by Gasteiger charge is 2.27. The summed E-state index contributed by atoms with van der Waals surface area (Å²) in [5, 5.41) is 0. The Morgan fingerprint density at radius 3 is 1.01 bits per heavy atom. The molecular weight excluding hydrogens is 841 g/mol. The maximum Gasteiger partial charge on any atom is 0.235 e. The van der Waals surface area contributed by atoms with E-state index in [1.54, 1.807) is 26.3 Å². The number of isocyanates is 2. The fourth-order valence-electron chi connectivity index (χ4n) is 8.64. The van der Waals surface area contributed by atoms with Gasteiger partial charge in [0.25, 0.3) is 0 Å². The second-order valence-corrected chi connectivity index (χ2v) is 22.4. The zero-order chi connectivity index (χ0) is 50.8. The van der Waals surface area contributed by atoms with Crippen molar-refractivity contribution in [1.29, 1.82) is 0 Å². The summed E-state index contributed by atoms with van der Waals surface area (Å²) in [6, 6.07) is 33.2. The van der Waals surface area contributed by atoms with Crippen LogP contribution in [0.1, 0.15) is 188 Å². The van der Waals surface area contributed by atoms with Crippen LogP contribution in [0, 0.1) is 17.8 Å². The number of aliphatic imine (C=N–C) groups is 8. The second-order valence-electron chi connectivity index (χ2n) is 22.4. The van der Waals surface area contributed by atoms with Crippen molar-refractivity contribution in [1.82, 2.24) is 0 Å². The van der Waals surface area contributed by atoms with E-state index in [4.69, 9.17) is 0 Å². The molecule has 0 heterocycles. The molecule has 3 aromatic carbocycles. The Bertz CT molecular complexity index is 2250. The smallest absolute Gasteiger partial charge is 0.229 e. The summed E-state index contributed by atoms with van der Waals surface area (Å²) < 4.78 is 0. The molecule has 2 saturated carbocycles. The minimum atomic E-state index is -0.622. The van der Waals surface area contributed by atoms with Gasteiger partial charge in [-0.05, 0) is 158 Å². The molecule has 0 aromatic heterocycles. The molecule has 366 valence electrons. The Balaban J connectivity index is 0.000000295. The molecule has 0 N–H and O–H groups in total. The van der Waals surface area contributed by atoms with Gasteiger partial charge in [-0.1, -0.05) is 126 Å². The van der Waals surface area contributed by atoms with E-state index in [2.05, 4.69) is 124 Å². The predicted molar refractivity (Wildman–Crippen MR) is 282 cm³/mol. The van der Waals surface area contributed by atoms with Gasteiger partial charge in [-0.2, -0.15) is 9.98 Å². The average Bonchev–Trinajstić information content (AvgIpc) is 3.29. The van der Waals surface area contributed by atoms with E-state index in [0.717, 1.165) is 40.0 Å². The number of hydrogen-bond acceptors (Lipinski definition) is 10. The van der Waals surface area contributed by atoms with E-state index in [0.29, 0.717) is 6.04 Å². The maximum absolute atomic E-state index is 10.7. The first-order valence-electron chi connectivity index (χ1n) is 24.6. The van der Waals surface area contributed by atoms with Crippen LogP contribution >= 0.6 is 0 Å². The standard InChI is InChI=1S/C27H32N4O2.C16H28N2.C15H22N2/c1-24(2,20-9-13-22(14-10-20)26(5,6)30-18-32)28-17-29-25(3,4)21-11-15-23(16-12-21)27(7,8)31-19-33;1-13-3-5-14(6-4-13)11-15-7-9-16(10-8-15)18-12-17-2;1-14(2,3)12-7-9-13(10-8-12)15(4,5)17-11-16-6/h9-16H,1-8H3;13-16H,3-11H2,1-2H3;7-10H,1-6H3. The van der Waals surface area contributed by atoms with Gasteiger partial charge in [-0.3, -0.25) is 0 Å². The van der Waals surface area contributed by atoms with E-state index in [9.17, 15) is 9.59 Å². The molecule has 0 unspecified atom stereocenters. The highest BCUT2D eigenvalue weighted by atomic mass is 16.1. The van der Waals surface area contributed by atoms with Gasteiger partial charge >= 0.3 is 0 Å². The largest absolute Gasteiger partial charge is 0.235 e. The van der Waals surface area contributed by atoms with Crippen LogP contribution in [0.15, 0.2) is 113 Å². The second kappa shape index (κ2) is 25.2. The fraction of sp³-hybridized carbons (Fsp3) is 0.603. The van der Waals surface area contributed by atoms with Crippen LogP contribution in [0.25, 0.3) is 0 Å². The van der Waals surface area contributed by atoms with Crippen molar-refractivity contribution in [2.24, 2.45) is 57.7 Å². The average molecular weight is 923 g/mol. The molecule has 2 aliphatic carbocycles. The molecule has 0 bridgehead atoms. The first kappa shape index (κ1) is 56.9. The van der Waals surface area contributed by atoms with Gasteiger partial charge in [0.05, 0.1) is 51.8 Å². The summed E-state index contributed by atoms with van der Waals surface area (Å²) in [5.41, 5.74) is 3.99. The molecular formula is C58H82N8O2. The molecule has 2 fully saturated rings. The Morgan fingerprint density at radius 1 is 0.412 bits per heavy atom. The summed E-state index contributed by atoms with van der Waals surface area (Å²) in [6.45, 7) is 28.7.